The normalized spacial score (nSPS) is 11.6. The number of nitrogens with zero attached hydrogens (tertiary/aromatic N) is 5. The summed E-state index contributed by atoms with van der Waals surface area (Å²) in [6.07, 6.45) is 0. The summed E-state index contributed by atoms with van der Waals surface area (Å²) < 4.78 is 109. The number of hydrogen-bond acceptors (Lipinski definition) is 19. The van der Waals surface area contributed by atoms with Crippen molar-refractivity contribution in [2.45, 2.75) is 28.5 Å². The zero-order valence-electron chi connectivity index (χ0n) is 28.6. The number of fused-ring (bicyclic) bond motifs is 1. The average molecular weight is 828 g/mol. The Labute approximate surface area is 372 Å². The molecule has 5 rings (SSSR count). The van der Waals surface area contributed by atoms with Crippen molar-refractivity contribution in [2.24, 2.45) is 10.2 Å². The van der Waals surface area contributed by atoms with E-state index in [4.69, 9.17) is 0 Å². The van der Waals surface area contributed by atoms with E-state index >= 15 is 0 Å². The molecule has 0 unspecified atom stereocenters. The maximum absolute atomic E-state index is 12.3. The van der Waals surface area contributed by atoms with Gasteiger partial charge in [0.15, 0.2) is 5.75 Å². The summed E-state index contributed by atoms with van der Waals surface area (Å²) in [5.41, 5.74) is -1.57. The Morgan fingerprint density at radius 3 is 1.81 bits per heavy atom. The Morgan fingerprint density at radius 1 is 0.704 bits per heavy atom. The largest absolute Gasteiger partial charge is 1.00 e. The third-order valence-corrected chi connectivity index (χ3v) is 9.59. The number of carbonyl (C=O) groups is 1. The number of carboxylic acids is 1. The first kappa shape index (κ1) is 47.3. The van der Waals surface area contributed by atoms with Crippen molar-refractivity contribution >= 4 is 81.7 Å². The number of anilines is 4. The van der Waals surface area contributed by atoms with Gasteiger partial charge in [-0.25, -0.2) is 30.0 Å². The van der Waals surface area contributed by atoms with Crippen LogP contribution in [-0.2, 0) is 30.4 Å². The van der Waals surface area contributed by atoms with E-state index in [0.717, 1.165) is 12.1 Å². The van der Waals surface area contributed by atoms with Gasteiger partial charge in [-0.15, -0.1) is 10.2 Å². The van der Waals surface area contributed by atoms with Crippen molar-refractivity contribution in [3.05, 3.63) is 71.3 Å². The first-order valence-electron chi connectivity index (χ1n) is 13.7. The fourth-order valence-corrected chi connectivity index (χ4v) is 6.53. The van der Waals surface area contributed by atoms with Gasteiger partial charge in [0.1, 0.15) is 41.7 Å². The van der Waals surface area contributed by atoms with Gasteiger partial charge in [0.05, 0.1) is 31.6 Å². The Balaban J connectivity index is 0.00000336. The monoisotopic (exact) mass is 827 g/mol. The number of phenolic OH excluding ortho intramolecular Hbond substituents is 1. The van der Waals surface area contributed by atoms with Crippen molar-refractivity contribution in [2.75, 3.05) is 10.6 Å². The standard InChI is InChI=1S/C28H23N7O13S3.3Na/c1-12-7-18(20(8-13(12)2)50(43,44)45)29-26-31-27(33-28(39)32-26)30-19-11-15(49(40,41)42)9-14-10-21(51(46,47)48)23(24(36)22(14)19)35-34-17-6-4-3-5-16(17)25(37)38;;;/h3-11,36H,1-2H3,(H,37,38)(H,40,41,42)(H,43,44,45)(H,46,47,48)(H3,29,30,31,32,33,39);;;/q;3*+1/p-3. The summed E-state index contributed by atoms with van der Waals surface area (Å²) in [5, 5.41) is 42.2. The molecule has 0 saturated carbocycles. The molecule has 5 N–H and O–H groups in total. The fourth-order valence-electron chi connectivity index (χ4n) is 4.65. The molecule has 0 saturated heterocycles. The van der Waals surface area contributed by atoms with E-state index in [9.17, 15) is 59.0 Å². The fraction of sp³-hybridized carbons (Fsp3) is 0.0714. The molecule has 0 atom stereocenters. The van der Waals surface area contributed by atoms with Crippen LogP contribution in [0.4, 0.5) is 34.6 Å². The predicted molar refractivity (Wildman–Crippen MR) is 171 cm³/mol. The van der Waals surface area contributed by atoms with Gasteiger partial charge >= 0.3 is 101 Å². The number of rotatable bonds is 10. The van der Waals surface area contributed by atoms with Gasteiger partial charge in [0, 0.05) is 5.39 Å². The smallest absolute Gasteiger partial charge is 0.744 e. The van der Waals surface area contributed by atoms with E-state index in [1.54, 1.807) is 13.8 Å². The Hall–Kier alpha value is -2.85. The molecular weight excluding hydrogens is 808 g/mol. The summed E-state index contributed by atoms with van der Waals surface area (Å²) >= 11 is 0. The van der Waals surface area contributed by atoms with Gasteiger partial charge in [0.2, 0.25) is 11.9 Å². The van der Waals surface area contributed by atoms with Gasteiger partial charge in [-0.1, -0.05) is 12.1 Å². The van der Waals surface area contributed by atoms with Crippen molar-refractivity contribution in [1.29, 1.82) is 0 Å². The Kier molecular flexibility index (Phi) is 15.7. The Bertz CT molecular complexity index is 2670. The second-order valence-corrected chi connectivity index (χ2v) is 14.6. The molecule has 0 spiro atoms. The minimum Gasteiger partial charge on any atom is -0.744 e. The first-order valence-corrected chi connectivity index (χ1v) is 17.9. The molecule has 0 aliphatic carbocycles. The average Bonchev–Trinajstić information content (AvgIpc) is 3.00. The van der Waals surface area contributed by atoms with Crippen LogP contribution in [0.2, 0.25) is 0 Å². The second-order valence-electron chi connectivity index (χ2n) is 10.5. The molecule has 0 amide bonds. The zero-order valence-corrected chi connectivity index (χ0v) is 37.0. The number of aryl methyl sites for hydroxylation is 2. The second kappa shape index (κ2) is 18.0. The number of hydrogen-bond donors (Lipinski definition) is 5. The SMILES string of the molecule is Cc1cc(Nc2nc(O)nc(Nc3cc(S(=O)(=O)[O-])cc4cc(S(=O)(=O)[O-])c(N=Nc5ccccc5C(=O)O)c(O)c34)n2)c(S(=O)(=O)[O-])cc1C.[Na+].[Na+].[Na+]. The third kappa shape index (κ3) is 10.7. The first-order chi connectivity index (χ1) is 23.6. The summed E-state index contributed by atoms with van der Waals surface area (Å²) in [6, 6.07) is 8.29. The summed E-state index contributed by atoms with van der Waals surface area (Å²) in [6.45, 7) is 3.16. The number of phenols is 1. The number of nitrogens with one attached hydrogen (secondary N) is 2. The Morgan fingerprint density at radius 2 is 1.26 bits per heavy atom. The molecule has 0 aliphatic rings. The maximum atomic E-state index is 12.3. The van der Waals surface area contributed by atoms with Gasteiger partial charge in [-0.2, -0.15) is 15.0 Å². The number of benzene rings is 4. The van der Waals surface area contributed by atoms with Crippen molar-refractivity contribution in [3.63, 3.8) is 0 Å². The molecule has 0 aliphatic heterocycles. The van der Waals surface area contributed by atoms with Crippen LogP contribution in [0.3, 0.4) is 0 Å². The van der Waals surface area contributed by atoms with Crippen molar-refractivity contribution < 1.29 is 148 Å². The molecule has 26 heteroatoms. The van der Waals surface area contributed by atoms with E-state index < -0.39 is 96.8 Å². The topological polar surface area (TPSA) is 337 Å². The van der Waals surface area contributed by atoms with Crippen LogP contribution in [0.5, 0.6) is 11.8 Å². The van der Waals surface area contributed by atoms with E-state index in [1.807, 2.05) is 0 Å². The molecule has 0 bridgehead atoms. The van der Waals surface area contributed by atoms with Gasteiger partial charge in [0.25, 0.3) is 0 Å². The molecule has 0 fully saturated rings. The van der Waals surface area contributed by atoms with Crippen molar-refractivity contribution in [3.8, 4) is 11.8 Å². The molecule has 5 aromatic rings. The van der Waals surface area contributed by atoms with E-state index in [-0.39, 0.29) is 106 Å². The zero-order chi connectivity index (χ0) is 37.6. The summed E-state index contributed by atoms with van der Waals surface area (Å²) in [4.78, 5) is 19.9. The van der Waals surface area contributed by atoms with Crippen LogP contribution in [0.1, 0.15) is 21.5 Å². The van der Waals surface area contributed by atoms with Crippen LogP contribution in [0.25, 0.3) is 10.8 Å². The van der Waals surface area contributed by atoms with E-state index in [0.29, 0.717) is 29.3 Å². The predicted octanol–water partition coefficient (Wildman–Crippen LogP) is -5.62. The van der Waals surface area contributed by atoms with Crippen LogP contribution >= 0.6 is 0 Å². The van der Waals surface area contributed by atoms with Gasteiger partial charge in [-0.05, 0) is 72.8 Å². The number of aromatic nitrogens is 3. The number of carboxylic acid groups (broad SMARTS) is 1. The van der Waals surface area contributed by atoms with Crippen LogP contribution in [0, 0.1) is 13.8 Å². The summed E-state index contributed by atoms with van der Waals surface area (Å²) in [7, 11) is -15.9. The number of aromatic hydroxyl groups is 2. The van der Waals surface area contributed by atoms with Crippen molar-refractivity contribution in [1.82, 2.24) is 15.0 Å². The number of azo groups is 1. The molecule has 266 valence electrons. The number of aromatic carboxylic acids is 1. The van der Waals surface area contributed by atoms with Gasteiger partial charge < -0.3 is 39.6 Å². The van der Waals surface area contributed by atoms with E-state index in [1.165, 1.54) is 24.3 Å². The van der Waals surface area contributed by atoms with Crippen LogP contribution in [0.15, 0.2) is 79.5 Å². The van der Waals surface area contributed by atoms with Crippen LogP contribution in [-0.4, -0.2) is 75.2 Å². The van der Waals surface area contributed by atoms with E-state index in [2.05, 4.69) is 35.8 Å². The van der Waals surface area contributed by atoms with Crippen LogP contribution < -0.4 is 99.3 Å². The molecule has 20 nitrogen and oxygen atoms in total. The molecule has 0 radical (unpaired) electrons. The summed E-state index contributed by atoms with van der Waals surface area (Å²) in [5.74, 6) is -3.79. The molecule has 4 aromatic carbocycles. The molecule has 54 heavy (non-hydrogen) atoms. The third-order valence-electron chi connectivity index (χ3n) is 7.06. The van der Waals surface area contributed by atoms with Gasteiger partial charge in [-0.3, -0.25) is 0 Å². The molecule has 1 heterocycles. The quantitative estimate of drug-likeness (QED) is 0.0498. The maximum Gasteiger partial charge on any atom is 1.00 e. The minimum atomic E-state index is -5.53. The minimum absolute atomic E-state index is 0. The molecule has 1 aromatic heterocycles. The molecular formula is C28H20N7Na3O13S3.